The first kappa shape index (κ1) is 18.8. The van der Waals surface area contributed by atoms with E-state index < -0.39 is 0 Å². The highest BCUT2D eigenvalue weighted by Gasteiger charge is 2.17. The SMILES string of the molecule is Cc1occc1-c1nnc(SCC(=O)N[C@H](C)c2ccc3c(c2)CCCC3)o1. The number of benzene rings is 1. The van der Waals surface area contributed by atoms with E-state index >= 15 is 0 Å². The van der Waals surface area contributed by atoms with Crippen molar-refractivity contribution in [2.45, 2.75) is 50.8 Å². The van der Waals surface area contributed by atoms with Gasteiger partial charge in [0.15, 0.2) is 0 Å². The predicted octanol–water partition coefficient (Wildman–Crippen LogP) is 4.49. The maximum Gasteiger partial charge on any atom is 0.277 e. The number of thioether (sulfide) groups is 1. The average Bonchev–Trinajstić information content (AvgIpc) is 3.34. The molecule has 28 heavy (non-hydrogen) atoms. The third kappa shape index (κ3) is 4.14. The number of nitrogens with zero attached hydrogens (tertiary/aromatic N) is 2. The molecular weight excluding hydrogens is 374 g/mol. The third-order valence-electron chi connectivity index (χ3n) is 5.07. The van der Waals surface area contributed by atoms with Crippen LogP contribution in [0.15, 0.2) is 44.6 Å². The van der Waals surface area contributed by atoms with Gasteiger partial charge in [-0.25, -0.2) is 0 Å². The zero-order valence-corrected chi connectivity index (χ0v) is 16.8. The summed E-state index contributed by atoms with van der Waals surface area (Å²) in [5.41, 5.74) is 4.79. The largest absolute Gasteiger partial charge is 0.469 e. The summed E-state index contributed by atoms with van der Waals surface area (Å²) >= 11 is 1.23. The molecule has 0 saturated heterocycles. The van der Waals surface area contributed by atoms with Crippen molar-refractivity contribution in [3.8, 4) is 11.5 Å². The maximum atomic E-state index is 12.3. The molecule has 146 valence electrons. The second-order valence-electron chi connectivity index (χ2n) is 7.08. The summed E-state index contributed by atoms with van der Waals surface area (Å²) in [6, 6.07) is 8.32. The quantitative estimate of drug-likeness (QED) is 0.618. The number of fused-ring (bicyclic) bond motifs is 1. The molecule has 1 N–H and O–H groups in total. The van der Waals surface area contributed by atoms with E-state index in [0.717, 1.165) is 29.7 Å². The number of furan rings is 1. The molecule has 1 aliphatic rings. The number of hydrogen-bond acceptors (Lipinski definition) is 6. The fourth-order valence-corrected chi connectivity index (χ4v) is 4.07. The van der Waals surface area contributed by atoms with Gasteiger partial charge in [-0.15, -0.1) is 10.2 Å². The zero-order valence-electron chi connectivity index (χ0n) is 16.0. The van der Waals surface area contributed by atoms with Crippen molar-refractivity contribution < 1.29 is 13.6 Å². The van der Waals surface area contributed by atoms with Gasteiger partial charge in [-0.3, -0.25) is 4.79 Å². The van der Waals surface area contributed by atoms with Gasteiger partial charge in [-0.05, 0) is 62.3 Å². The van der Waals surface area contributed by atoms with Gasteiger partial charge >= 0.3 is 0 Å². The van der Waals surface area contributed by atoms with E-state index in [-0.39, 0.29) is 17.7 Å². The first-order chi connectivity index (χ1) is 13.6. The van der Waals surface area contributed by atoms with Crippen molar-refractivity contribution in [2.24, 2.45) is 0 Å². The lowest BCUT2D eigenvalue weighted by molar-refractivity contribution is -0.119. The van der Waals surface area contributed by atoms with Crippen LogP contribution in [0.2, 0.25) is 0 Å². The van der Waals surface area contributed by atoms with Crippen LogP contribution in [0.4, 0.5) is 0 Å². The molecule has 0 fully saturated rings. The lowest BCUT2D eigenvalue weighted by Crippen LogP contribution is -2.28. The minimum absolute atomic E-state index is 0.0350. The number of rotatable bonds is 6. The van der Waals surface area contributed by atoms with E-state index in [1.165, 1.54) is 35.7 Å². The first-order valence-electron chi connectivity index (χ1n) is 9.52. The molecule has 0 saturated carbocycles. The van der Waals surface area contributed by atoms with Crippen LogP contribution in [0, 0.1) is 6.92 Å². The van der Waals surface area contributed by atoms with E-state index in [1.807, 2.05) is 13.8 Å². The molecule has 0 bridgehead atoms. The van der Waals surface area contributed by atoms with Crippen molar-refractivity contribution in [1.29, 1.82) is 0 Å². The molecule has 0 unspecified atom stereocenters. The second-order valence-corrected chi connectivity index (χ2v) is 8.00. The minimum Gasteiger partial charge on any atom is -0.469 e. The summed E-state index contributed by atoms with van der Waals surface area (Å²) in [5.74, 6) is 1.28. The van der Waals surface area contributed by atoms with Gasteiger partial charge in [-0.2, -0.15) is 0 Å². The van der Waals surface area contributed by atoms with Gasteiger partial charge in [0.2, 0.25) is 5.91 Å². The van der Waals surface area contributed by atoms with Crippen molar-refractivity contribution in [3.05, 3.63) is 53.0 Å². The smallest absolute Gasteiger partial charge is 0.277 e. The Morgan fingerprint density at radius 3 is 2.82 bits per heavy atom. The molecule has 7 heteroatoms. The van der Waals surface area contributed by atoms with E-state index in [4.69, 9.17) is 8.83 Å². The number of carbonyl (C=O) groups is 1. The molecule has 1 atom stereocenters. The van der Waals surface area contributed by atoms with E-state index in [1.54, 1.807) is 12.3 Å². The van der Waals surface area contributed by atoms with Crippen LogP contribution in [0.25, 0.3) is 11.5 Å². The summed E-state index contributed by atoms with van der Waals surface area (Å²) in [6.45, 7) is 3.85. The Kier molecular flexibility index (Phi) is 5.52. The number of aromatic nitrogens is 2. The number of nitrogens with one attached hydrogen (secondary N) is 1. The second kappa shape index (κ2) is 8.22. The van der Waals surface area contributed by atoms with Gasteiger partial charge in [0.1, 0.15) is 5.76 Å². The highest BCUT2D eigenvalue weighted by atomic mass is 32.2. The highest BCUT2D eigenvalue weighted by Crippen LogP contribution is 2.27. The Morgan fingerprint density at radius 2 is 2.04 bits per heavy atom. The van der Waals surface area contributed by atoms with Gasteiger partial charge in [-0.1, -0.05) is 30.0 Å². The third-order valence-corrected chi connectivity index (χ3v) is 5.89. The van der Waals surface area contributed by atoms with Crippen molar-refractivity contribution in [3.63, 3.8) is 0 Å². The van der Waals surface area contributed by atoms with E-state index in [0.29, 0.717) is 11.1 Å². The molecule has 0 aliphatic heterocycles. The molecule has 2 heterocycles. The Hall–Kier alpha value is -2.54. The van der Waals surface area contributed by atoms with Gasteiger partial charge in [0.25, 0.3) is 11.1 Å². The standard InChI is InChI=1S/C21H23N3O3S/c1-13(16-8-7-15-5-3-4-6-17(15)11-16)22-19(25)12-28-21-24-23-20(27-21)18-9-10-26-14(18)2/h7-11,13H,3-6,12H2,1-2H3,(H,22,25)/t13-/m1/s1. The summed E-state index contributed by atoms with van der Waals surface area (Å²) < 4.78 is 10.9. The highest BCUT2D eigenvalue weighted by molar-refractivity contribution is 7.99. The molecule has 1 aliphatic carbocycles. The molecule has 0 spiro atoms. The Morgan fingerprint density at radius 1 is 1.21 bits per heavy atom. The van der Waals surface area contributed by atoms with E-state index in [2.05, 4.69) is 33.7 Å². The predicted molar refractivity (Wildman–Crippen MR) is 107 cm³/mol. The number of amides is 1. The van der Waals surface area contributed by atoms with Crippen LogP contribution in [0.5, 0.6) is 0 Å². The fourth-order valence-electron chi connectivity index (χ4n) is 3.50. The van der Waals surface area contributed by atoms with Crippen LogP contribution < -0.4 is 5.32 Å². The van der Waals surface area contributed by atoms with Crippen molar-refractivity contribution >= 4 is 17.7 Å². The average molecular weight is 398 g/mol. The molecule has 4 rings (SSSR count). The zero-order chi connectivity index (χ0) is 19.5. The van der Waals surface area contributed by atoms with Crippen molar-refractivity contribution in [1.82, 2.24) is 15.5 Å². The lowest BCUT2D eigenvalue weighted by atomic mass is 9.89. The topological polar surface area (TPSA) is 81.2 Å². The summed E-state index contributed by atoms with van der Waals surface area (Å²) in [7, 11) is 0. The summed E-state index contributed by atoms with van der Waals surface area (Å²) in [6.07, 6.45) is 6.40. The summed E-state index contributed by atoms with van der Waals surface area (Å²) in [4.78, 5) is 12.3. The normalized spacial score (nSPS) is 14.5. The number of carbonyl (C=O) groups excluding carboxylic acids is 1. The molecule has 0 radical (unpaired) electrons. The van der Waals surface area contributed by atoms with Crippen LogP contribution in [-0.4, -0.2) is 21.9 Å². The van der Waals surface area contributed by atoms with Crippen molar-refractivity contribution in [2.75, 3.05) is 5.75 Å². The molecule has 3 aromatic rings. The van der Waals surface area contributed by atoms with Crippen LogP contribution in [-0.2, 0) is 17.6 Å². The molecule has 6 nitrogen and oxygen atoms in total. The monoisotopic (exact) mass is 397 g/mol. The fraction of sp³-hybridized carbons (Fsp3) is 0.381. The van der Waals surface area contributed by atoms with Crippen LogP contribution in [0.3, 0.4) is 0 Å². The molecule has 1 amide bonds. The lowest BCUT2D eigenvalue weighted by Gasteiger charge is -2.20. The number of aryl methyl sites for hydroxylation is 3. The minimum atomic E-state index is -0.0607. The van der Waals surface area contributed by atoms with Gasteiger partial charge in [0, 0.05) is 0 Å². The first-order valence-corrected chi connectivity index (χ1v) is 10.5. The summed E-state index contributed by atoms with van der Waals surface area (Å²) in [5, 5.41) is 11.4. The van der Waals surface area contributed by atoms with Crippen LogP contribution in [0.1, 0.15) is 48.3 Å². The maximum absolute atomic E-state index is 12.3. The van der Waals surface area contributed by atoms with Crippen LogP contribution >= 0.6 is 11.8 Å². The number of hydrogen-bond donors (Lipinski definition) is 1. The molecule has 1 aromatic carbocycles. The Labute approximate surface area is 168 Å². The van der Waals surface area contributed by atoms with Gasteiger partial charge < -0.3 is 14.2 Å². The Bertz CT molecular complexity index is 979. The van der Waals surface area contributed by atoms with E-state index in [9.17, 15) is 4.79 Å². The molecular formula is C21H23N3O3S. The van der Waals surface area contributed by atoms with Gasteiger partial charge in [0.05, 0.1) is 23.6 Å². The molecule has 2 aromatic heterocycles. The Balaban J connectivity index is 1.32.